The summed E-state index contributed by atoms with van der Waals surface area (Å²) in [6.07, 6.45) is 0. The second-order valence-corrected chi connectivity index (χ2v) is 4.65. The quantitative estimate of drug-likeness (QED) is 0.785. The summed E-state index contributed by atoms with van der Waals surface area (Å²) in [4.78, 5) is 0. The number of aryl methyl sites for hydroxylation is 1. The zero-order valence-electron chi connectivity index (χ0n) is 12.1. The Kier molecular flexibility index (Phi) is 5.44. The summed E-state index contributed by atoms with van der Waals surface area (Å²) in [6.45, 7) is 3.93. The highest BCUT2D eigenvalue weighted by atomic mass is 16.5. The summed E-state index contributed by atoms with van der Waals surface area (Å²) in [5.74, 6) is 1.80. The van der Waals surface area contributed by atoms with Crippen molar-refractivity contribution in [3.63, 3.8) is 0 Å². The maximum absolute atomic E-state index is 5.78. The highest BCUT2D eigenvalue weighted by Crippen LogP contribution is 2.17. The Balaban J connectivity index is 1.81. The van der Waals surface area contributed by atoms with Crippen molar-refractivity contribution in [3.8, 4) is 11.5 Å². The molecule has 0 heterocycles. The van der Waals surface area contributed by atoms with E-state index in [1.54, 1.807) is 0 Å². The van der Waals surface area contributed by atoms with E-state index in [-0.39, 0.29) is 0 Å². The van der Waals surface area contributed by atoms with Gasteiger partial charge in [-0.25, -0.2) is 0 Å². The van der Waals surface area contributed by atoms with Crippen LogP contribution in [0.25, 0.3) is 0 Å². The van der Waals surface area contributed by atoms with Crippen LogP contribution < -0.4 is 14.8 Å². The smallest absolute Gasteiger partial charge is 0.123 e. The van der Waals surface area contributed by atoms with Gasteiger partial charge in [0.1, 0.15) is 24.7 Å². The van der Waals surface area contributed by atoms with Gasteiger partial charge in [0.05, 0.1) is 0 Å². The van der Waals surface area contributed by atoms with Crippen molar-refractivity contribution in [2.24, 2.45) is 0 Å². The molecule has 0 unspecified atom stereocenters. The van der Waals surface area contributed by atoms with Crippen molar-refractivity contribution < 1.29 is 9.47 Å². The standard InChI is InChI=1S/C17H21NO2/c1-14-6-5-8-16(12-14)19-10-11-20-17-9-4-3-7-15(17)13-18-2/h3-9,12,18H,10-11,13H2,1-2H3. The van der Waals surface area contributed by atoms with Crippen LogP contribution >= 0.6 is 0 Å². The van der Waals surface area contributed by atoms with Crippen molar-refractivity contribution in [1.82, 2.24) is 5.32 Å². The topological polar surface area (TPSA) is 30.5 Å². The predicted molar refractivity (Wildman–Crippen MR) is 81.4 cm³/mol. The van der Waals surface area contributed by atoms with Crippen molar-refractivity contribution in [2.75, 3.05) is 20.3 Å². The summed E-state index contributed by atoms with van der Waals surface area (Å²) >= 11 is 0. The summed E-state index contributed by atoms with van der Waals surface area (Å²) in [5.41, 5.74) is 2.35. The second kappa shape index (κ2) is 7.56. The van der Waals surface area contributed by atoms with E-state index < -0.39 is 0 Å². The Morgan fingerprint density at radius 2 is 1.75 bits per heavy atom. The third-order valence-corrected chi connectivity index (χ3v) is 2.94. The first kappa shape index (κ1) is 14.4. The van der Waals surface area contributed by atoms with E-state index in [2.05, 4.69) is 24.4 Å². The molecule has 0 bridgehead atoms. The van der Waals surface area contributed by atoms with E-state index >= 15 is 0 Å². The molecule has 106 valence electrons. The molecule has 0 aliphatic rings. The molecule has 0 fully saturated rings. The van der Waals surface area contributed by atoms with Crippen LogP contribution in [0.4, 0.5) is 0 Å². The molecule has 1 N–H and O–H groups in total. The van der Waals surface area contributed by atoms with E-state index in [9.17, 15) is 0 Å². The van der Waals surface area contributed by atoms with Crippen molar-refractivity contribution in [1.29, 1.82) is 0 Å². The van der Waals surface area contributed by atoms with Gasteiger partial charge in [-0.1, -0.05) is 30.3 Å². The third-order valence-electron chi connectivity index (χ3n) is 2.94. The second-order valence-electron chi connectivity index (χ2n) is 4.65. The molecule has 2 rings (SSSR count). The Bertz CT molecular complexity index is 540. The number of para-hydroxylation sites is 1. The number of rotatable bonds is 7. The molecule has 3 heteroatoms. The molecule has 0 aliphatic carbocycles. The minimum absolute atomic E-state index is 0.536. The summed E-state index contributed by atoms with van der Waals surface area (Å²) in [7, 11) is 1.93. The SMILES string of the molecule is CNCc1ccccc1OCCOc1cccc(C)c1. The monoisotopic (exact) mass is 271 g/mol. The number of benzene rings is 2. The molecule has 0 saturated carbocycles. The fourth-order valence-corrected chi connectivity index (χ4v) is 2.00. The van der Waals surface area contributed by atoms with Crippen LogP contribution in [0.15, 0.2) is 48.5 Å². The van der Waals surface area contributed by atoms with Crippen LogP contribution in [0, 0.1) is 6.92 Å². The van der Waals surface area contributed by atoms with E-state index in [0.717, 1.165) is 23.6 Å². The molecule has 0 radical (unpaired) electrons. The van der Waals surface area contributed by atoms with E-state index in [0.29, 0.717) is 13.2 Å². The number of nitrogens with one attached hydrogen (secondary N) is 1. The zero-order valence-corrected chi connectivity index (χ0v) is 12.1. The molecule has 3 nitrogen and oxygen atoms in total. The Morgan fingerprint density at radius 3 is 2.55 bits per heavy atom. The average molecular weight is 271 g/mol. The van der Waals surface area contributed by atoms with Crippen LogP contribution in [0.1, 0.15) is 11.1 Å². The zero-order chi connectivity index (χ0) is 14.2. The van der Waals surface area contributed by atoms with Crippen LogP contribution in [0.2, 0.25) is 0 Å². The molecular weight excluding hydrogens is 250 g/mol. The van der Waals surface area contributed by atoms with Gasteiger partial charge in [-0.2, -0.15) is 0 Å². The Labute approximate surface area is 120 Å². The molecular formula is C17H21NO2. The number of hydrogen-bond donors (Lipinski definition) is 1. The minimum atomic E-state index is 0.536. The highest BCUT2D eigenvalue weighted by molar-refractivity contribution is 5.33. The fraction of sp³-hybridized carbons (Fsp3) is 0.294. The van der Waals surface area contributed by atoms with E-state index in [1.807, 2.05) is 43.4 Å². The predicted octanol–water partition coefficient (Wildman–Crippen LogP) is 3.17. The molecule has 0 saturated heterocycles. The van der Waals surface area contributed by atoms with Gasteiger partial charge < -0.3 is 14.8 Å². The maximum Gasteiger partial charge on any atom is 0.123 e. The number of ether oxygens (including phenoxy) is 2. The van der Waals surface area contributed by atoms with E-state index in [4.69, 9.17) is 9.47 Å². The van der Waals surface area contributed by atoms with Crippen molar-refractivity contribution in [3.05, 3.63) is 59.7 Å². The summed E-state index contributed by atoms with van der Waals surface area (Å²) < 4.78 is 11.4. The lowest BCUT2D eigenvalue weighted by Gasteiger charge is -2.12. The first-order valence-corrected chi connectivity index (χ1v) is 6.84. The number of hydrogen-bond acceptors (Lipinski definition) is 3. The molecule has 20 heavy (non-hydrogen) atoms. The molecule has 0 spiro atoms. The molecule has 0 atom stereocenters. The largest absolute Gasteiger partial charge is 0.490 e. The fourth-order valence-electron chi connectivity index (χ4n) is 2.00. The third kappa shape index (κ3) is 4.28. The Morgan fingerprint density at radius 1 is 0.950 bits per heavy atom. The van der Waals surface area contributed by atoms with Crippen LogP contribution in [-0.4, -0.2) is 20.3 Å². The molecule has 0 aliphatic heterocycles. The lowest BCUT2D eigenvalue weighted by molar-refractivity contribution is 0.215. The van der Waals surface area contributed by atoms with Crippen LogP contribution in [0.5, 0.6) is 11.5 Å². The molecule has 2 aromatic rings. The van der Waals surface area contributed by atoms with Gasteiger partial charge in [0.25, 0.3) is 0 Å². The van der Waals surface area contributed by atoms with Gasteiger partial charge in [-0.3, -0.25) is 0 Å². The molecule has 0 amide bonds. The van der Waals surface area contributed by atoms with Gasteiger partial charge >= 0.3 is 0 Å². The lowest BCUT2D eigenvalue weighted by Crippen LogP contribution is -2.12. The van der Waals surface area contributed by atoms with Crippen LogP contribution in [-0.2, 0) is 6.54 Å². The lowest BCUT2D eigenvalue weighted by atomic mass is 10.2. The normalized spacial score (nSPS) is 10.3. The first-order valence-electron chi connectivity index (χ1n) is 6.84. The van der Waals surface area contributed by atoms with E-state index in [1.165, 1.54) is 5.56 Å². The minimum Gasteiger partial charge on any atom is -0.490 e. The van der Waals surface area contributed by atoms with Crippen LogP contribution in [0.3, 0.4) is 0 Å². The van der Waals surface area contributed by atoms with Gasteiger partial charge in [0.2, 0.25) is 0 Å². The van der Waals surface area contributed by atoms with Gasteiger partial charge in [0, 0.05) is 12.1 Å². The molecule has 2 aromatic carbocycles. The van der Waals surface area contributed by atoms with Crippen molar-refractivity contribution >= 4 is 0 Å². The average Bonchev–Trinajstić information content (AvgIpc) is 2.46. The van der Waals surface area contributed by atoms with Crippen molar-refractivity contribution in [2.45, 2.75) is 13.5 Å². The Hall–Kier alpha value is -2.00. The van der Waals surface area contributed by atoms with Gasteiger partial charge in [0.15, 0.2) is 0 Å². The maximum atomic E-state index is 5.78. The summed E-state index contributed by atoms with van der Waals surface area (Å²) in [6, 6.07) is 16.1. The van der Waals surface area contributed by atoms with Gasteiger partial charge in [-0.05, 0) is 37.7 Å². The van der Waals surface area contributed by atoms with Gasteiger partial charge in [-0.15, -0.1) is 0 Å². The molecule has 0 aromatic heterocycles. The highest BCUT2D eigenvalue weighted by Gasteiger charge is 2.01. The first-order chi connectivity index (χ1) is 9.79. The summed E-state index contributed by atoms with van der Waals surface area (Å²) in [5, 5.41) is 3.14.